The first-order valence-corrected chi connectivity index (χ1v) is 8.40. The number of piperidine rings is 1. The van der Waals surface area contributed by atoms with Crippen molar-refractivity contribution in [3.8, 4) is 0 Å². The Bertz CT molecular complexity index is 632. The number of nitrogens with zero attached hydrogens (tertiary/aromatic N) is 1. The molecule has 0 radical (unpaired) electrons. The molecule has 1 saturated carbocycles. The van der Waals surface area contributed by atoms with Crippen molar-refractivity contribution < 1.29 is 14.4 Å². The highest BCUT2D eigenvalue weighted by Crippen LogP contribution is 2.38. The van der Waals surface area contributed by atoms with Crippen molar-refractivity contribution >= 4 is 17.7 Å². The van der Waals surface area contributed by atoms with Crippen molar-refractivity contribution in [1.82, 2.24) is 15.5 Å². The lowest BCUT2D eigenvalue weighted by Gasteiger charge is -2.25. The molecule has 0 unspecified atom stereocenters. The summed E-state index contributed by atoms with van der Waals surface area (Å²) >= 11 is 0. The van der Waals surface area contributed by atoms with Crippen LogP contribution in [0.15, 0.2) is 30.3 Å². The predicted octanol–water partition coefficient (Wildman–Crippen LogP) is 0.789. The molecule has 1 aliphatic heterocycles. The molecule has 0 bridgehead atoms. The molecule has 1 aromatic carbocycles. The van der Waals surface area contributed by atoms with Crippen LogP contribution in [0.3, 0.4) is 0 Å². The Morgan fingerprint density at radius 1 is 1.21 bits per heavy atom. The number of amides is 3. The van der Waals surface area contributed by atoms with E-state index in [0.29, 0.717) is 30.4 Å². The average Bonchev–Trinajstić information content (AvgIpc) is 3.02. The van der Waals surface area contributed by atoms with E-state index >= 15 is 0 Å². The number of fused-ring (bicyclic) bond motifs is 1. The highest BCUT2D eigenvalue weighted by atomic mass is 16.2. The Kier molecular flexibility index (Phi) is 4.83. The van der Waals surface area contributed by atoms with Crippen LogP contribution in [-0.4, -0.2) is 48.8 Å². The van der Waals surface area contributed by atoms with Gasteiger partial charge in [-0.2, -0.15) is 0 Å². The number of benzene rings is 1. The molecule has 0 aromatic heterocycles. The van der Waals surface area contributed by atoms with Gasteiger partial charge in [0.1, 0.15) is 0 Å². The van der Waals surface area contributed by atoms with Crippen molar-refractivity contribution in [2.24, 2.45) is 11.8 Å². The van der Waals surface area contributed by atoms with Crippen LogP contribution in [0.25, 0.3) is 0 Å². The van der Waals surface area contributed by atoms with Crippen molar-refractivity contribution in [1.29, 1.82) is 0 Å². The maximum absolute atomic E-state index is 12.4. The minimum Gasteiger partial charge on any atom is -0.356 e. The monoisotopic (exact) mass is 329 g/mol. The third-order valence-electron chi connectivity index (χ3n) is 5.20. The summed E-state index contributed by atoms with van der Waals surface area (Å²) in [7, 11) is 1.79. The molecule has 2 fully saturated rings. The van der Waals surface area contributed by atoms with E-state index in [1.807, 2.05) is 6.07 Å². The van der Waals surface area contributed by atoms with Gasteiger partial charge in [0.2, 0.25) is 11.8 Å². The summed E-state index contributed by atoms with van der Waals surface area (Å²) in [6, 6.07) is 9.00. The number of carbonyl (C=O) groups is 3. The lowest BCUT2D eigenvalue weighted by molar-refractivity contribution is -0.130. The second kappa shape index (κ2) is 7.03. The molecule has 1 saturated heterocycles. The first-order valence-electron chi connectivity index (χ1n) is 8.40. The Morgan fingerprint density at radius 3 is 2.67 bits per heavy atom. The van der Waals surface area contributed by atoms with Gasteiger partial charge in [-0.25, -0.2) is 0 Å². The van der Waals surface area contributed by atoms with Crippen LogP contribution in [0.2, 0.25) is 0 Å². The molecular formula is C18H23N3O3. The average molecular weight is 329 g/mol. The first kappa shape index (κ1) is 16.5. The highest BCUT2D eigenvalue weighted by molar-refractivity contribution is 5.96. The van der Waals surface area contributed by atoms with Crippen LogP contribution < -0.4 is 10.6 Å². The fourth-order valence-electron chi connectivity index (χ4n) is 3.73. The molecule has 1 aliphatic carbocycles. The van der Waals surface area contributed by atoms with Gasteiger partial charge in [-0.1, -0.05) is 18.2 Å². The largest absolute Gasteiger partial charge is 0.356 e. The molecule has 3 atom stereocenters. The van der Waals surface area contributed by atoms with E-state index in [-0.39, 0.29) is 30.3 Å². The van der Waals surface area contributed by atoms with Crippen molar-refractivity contribution in [2.75, 3.05) is 20.1 Å². The molecule has 1 heterocycles. The Morgan fingerprint density at radius 2 is 1.92 bits per heavy atom. The maximum Gasteiger partial charge on any atom is 0.251 e. The number of rotatable bonds is 4. The quantitative estimate of drug-likeness (QED) is 0.857. The van der Waals surface area contributed by atoms with Crippen LogP contribution in [0.5, 0.6) is 0 Å². The zero-order valence-electron chi connectivity index (χ0n) is 13.8. The van der Waals surface area contributed by atoms with Gasteiger partial charge < -0.3 is 15.5 Å². The van der Waals surface area contributed by atoms with Crippen LogP contribution >= 0.6 is 0 Å². The van der Waals surface area contributed by atoms with E-state index < -0.39 is 0 Å². The zero-order valence-corrected chi connectivity index (χ0v) is 13.8. The Labute approximate surface area is 141 Å². The minimum atomic E-state index is -0.243. The van der Waals surface area contributed by atoms with Gasteiger partial charge >= 0.3 is 0 Å². The molecule has 3 rings (SSSR count). The van der Waals surface area contributed by atoms with Crippen LogP contribution in [-0.2, 0) is 9.59 Å². The topological polar surface area (TPSA) is 78.5 Å². The summed E-state index contributed by atoms with van der Waals surface area (Å²) in [5.74, 6) is 0.607. The summed E-state index contributed by atoms with van der Waals surface area (Å²) in [6.07, 6.45) is 2.35. The third-order valence-corrected chi connectivity index (χ3v) is 5.20. The van der Waals surface area contributed by atoms with Gasteiger partial charge in [0, 0.05) is 31.6 Å². The van der Waals surface area contributed by atoms with E-state index in [0.717, 1.165) is 12.8 Å². The summed E-state index contributed by atoms with van der Waals surface area (Å²) < 4.78 is 0. The van der Waals surface area contributed by atoms with E-state index in [2.05, 4.69) is 10.6 Å². The molecular weight excluding hydrogens is 306 g/mol. The zero-order chi connectivity index (χ0) is 17.1. The molecule has 2 N–H and O–H groups in total. The first-order chi connectivity index (χ1) is 11.5. The normalized spacial score (nSPS) is 25.5. The van der Waals surface area contributed by atoms with E-state index in [4.69, 9.17) is 0 Å². The van der Waals surface area contributed by atoms with Gasteiger partial charge in [0.25, 0.3) is 5.91 Å². The van der Waals surface area contributed by atoms with Crippen LogP contribution in [0.1, 0.15) is 29.6 Å². The molecule has 6 nitrogen and oxygen atoms in total. The predicted molar refractivity (Wildman–Crippen MR) is 89.2 cm³/mol. The van der Waals surface area contributed by atoms with Gasteiger partial charge in [0.15, 0.2) is 0 Å². The fourth-order valence-corrected chi connectivity index (χ4v) is 3.73. The number of hydrogen-bond acceptors (Lipinski definition) is 3. The second-order valence-electron chi connectivity index (χ2n) is 6.71. The van der Waals surface area contributed by atoms with Crippen molar-refractivity contribution in [3.05, 3.63) is 35.9 Å². The number of likely N-dealkylation sites (N-methyl/N-ethyl adjacent to an activating group) is 1. The van der Waals surface area contributed by atoms with Gasteiger partial charge in [-0.3, -0.25) is 14.4 Å². The Hall–Kier alpha value is -2.37. The van der Waals surface area contributed by atoms with E-state index in [1.54, 1.807) is 36.2 Å². The summed E-state index contributed by atoms with van der Waals surface area (Å²) in [5, 5.41) is 5.58. The third kappa shape index (κ3) is 3.58. The number of nitrogens with one attached hydrogen (secondary N) is 2. The van der Waals surface area contributed by atoms with Crippen LogP contribution in [0.4, 0.5) is 0 Å². The molecule has 3 amide bonds. The molecule has 24 heavy (non-hydrogen) atoms. The molecule has 0 spiro atoms. The lowest BCUT2D eigenvalue weighted by Crippen LogP contribution is -2.42. The Balaban J connectivity index is 1.50. The maximum atomic E-state index is 12.4. The number of carbonyl (C=O) groups excluding carboxylic acids is 3. The SMILES string of the molecule is CN(C(=O)CNC(=O)c1ccccc1)[C@H]1C[C@H]2CNC(=O)C[C@H]2C1. The van der Waals surface area contributed by atoms with Crippen LogP contribution in [0, 0.1) is 11.8 Å². The molecule has 2 aliphatic rings. The van der Waals surface area contributed by atoms with Crippen molar-refractivity contribution in [2.45, 2.75) is 25.3 Å². The van der Waals surface area contributed by atoms with Crippen molar-refractivity contribution in [3.63, 3.8) is 0 Å². The van der Waals surface area contributed by atoms with Gasteiger partial charge in [-0.15, -0.1) is 0 Å². The fraction of sp³-hybridized carbons (Fsp3) is 0.500. The highest BCUT2D eigenvalue weighted by Gasteiger charge is 2.40. The van der Waals surface area contributed by atoms with E-state index in [9.17, 15) is 14.4 Å². The lowest BCUT2D eigenvalue weighted by atomic mass is 9.89. The summed E-state index contributed by atoms with van der Waals surface area (Å²) in [4.78, 5) is 37.6. The van der Waals surface area contributed by atoms with E-state index in [1.165, 1.54) is 0 Å². The second-order valence-corrected chi connectivity index (χ2v) is 6.71. The summed E-state index contributed by atoms with van der Waals surface area (Å²) in [6.45, 7) is 0.708. The molecule has 128 valence electrons. The smallest absolute Gasteiger partial charge is 0.251 e. The standard InChI is InChI=1S/C18H23N3O3/c1-21(15-7-13-9-16(22)19-10-14(13)8-15)17(23)11-20-18(24)12-5-3-2-4-6-12/h2-6,13-15H,7-11H2,1H3,(H,19,22)(H,20,24)/t13-,14+,15-/m1/s1. The minimum absolute atomic E-state index is 0.00670. The molecule has 1 aromatic rings. The van der Waals surface area contributed by atoms with Gasteiger partial charge in [0.05, 0.1) is 6.54 Å². The number of hydrogen-bond donors (Lipinski definition) is 2. The van der Waals surface area contributed by atoms with Gasteiger partial charge in [-0.05, 0) is 36.8 Å². The summed E-state index contributed by atoms with van der Waals surface area (Å²) in [5.41, 5.74) is 0.546. The molecule has 6 heteroatoms.